The fourth-order valence-electron chi connectivity index (χ4n) is 2.80. The number of benzene rings is 1. The van der Waals surface area contributed by atoms with E-state index in [1.54, 1.807) is 0 Å². The van der Waals surface area contributed by atoms with Gasteiger partial charge in [-0.1, -0.05) is 28.1 Å². The normalized spacial score (nSPS) is 20.7. The summed E-state index contributed by atoms with van der Waals surface area (Å²) in [4.78, 5) is 14.1. The minimum atomic E-state index is 0.200. The van der Waals surface area contributed by atoms with Crippen LogP contribution in [0, 0.1) is 5.92 Å². The molecule has 1 saturated heterocycles. The van der Waals surface area contributed by atoms with Crippen LogP contribution in [0.25, 0.3) is 0 Å². The van der Waals surface area contributed by atoms with Gasteiger partial charge in [-0.2, -0.15) is 0 Å². The molecule has 1 aromatic rings. The van der Waals surface area contributed by atoms with Gasteiger partial charge in [-0.05, 0) is 30.5 Å². The molecule has 3 nitrogen and oxygen atoms in total. The van der Waals surface area contributed by atoms with Crippen molar-refractivity contribution < 1.29 is 4.79 Å². The molecule has 1 amide bonds. The first kappa shape index (κ1) is 13.1. The second kappa shape index (κ2) is 4.91. The third-order valence-electron chi connectivity index (χ3n) is 4.36. The number of carbonyl (C=O) groups excluding carboxylic acids is 1. The first-order chi connectivity index (χ1) is 9.11. The molecule has 1 N–H and O–H groups in total. The second-order valence-electron chi connectivity index (χ2n) is 5.84. The van der Waals surface area contributed by atoms with Crippen LogP contribution in [-0.4, -0.2) is 37.5 Å². The summed E-state index contributed by atoms with van der Waals surface area (Å²) in [5.74, 6) is 0.493. The first-order valence-corrected chi connectivity index (χ1v) is 7.62. The summed E-state index contributed by atoms with van der Waals surface area (Å²) in [5, 5.41) is 3.16. The smallest absolute Gasteiger partial charge is 0.228 e. The van der Waals surface area contributed by atoms with E-state index in [2.05, 4.69) is 45.5 Å². The Labute approximate surface area is 122 Å². The first-order valence-electron chi connectivity index (χ1n) is 6.82. The number of amides is 1. The standard InChI is InChI=1S/C15H19BrN2O/c1-18(14(19)11-8-17-9-11)10-15(6-7-15)12-2-4-13(16)5-3-12/h2-5,11,17H,6-10H2,1H3. The number of hydrogen-bond donors (Lipinski definition) is 1. The summed E-state index contributed by atoms with van der Waals surface area (Å²) >= 11 is 3.47. The van der Waals surface area contributed by atoms with Crippen LogP contribution in [-0.2, 0) is 10.2 Å². The van der Waals surface area contributed by atoms with Crippen LogP contribution in [0.4, 0.5) is 0 Å². The number of halogens is 1. The maximum absolute atomic E-state index is 12.2. The molecule has 0 atom stereocenters. The van der Waals surface area contributed by atoms with Crippen LogP contribution in [0.1, 0.15) is 18.4 Å². The van der Waals surface area contributed by atoms with Crippen LogP contribution >= 0.6 is 15.9 Å². The lowest BCUT2D eigenvalue weighted by Gasteiger charge is -2.32. The molecular formula is C15H19BrN2O. The van der Waals surface area contributed by atoms with Crippen molar-refractivity contribution in [2.24, 2.45) is 5.92 Å². The fraction of sp³-hybridized carbons (Fsp3) is 0.533. The van der Waals surface area contributed by atoms with Crippen molar-refractivity contribution in [3.8, 4) is 0 Å². The Morgan fingerprint density at radius 3 is 2.47 bits per heavy atom. The van der Waals surface area contributed by atoms with Gasteiger partial charge in [0.25, 0.3) is 0 Å². The summed E-state index contributed by atoms with van der Waals surface area (Å²) in [6.07, 6.45) is 2.38. The Morgan fingerprint density at radius 1 is 1.37 bits per heavy atom. The maximum Gasteiger partial charge on any atom is 0.228 e. The van der Waals surface area contributed by atoms with Crippen molar-refractivity contribution in [3.05, 3.63) is 34.3 Å². The van der Waals surface area contributed by atoms with Gasteiger partial charge in [0.05, 0.1) is 5.92 Å². The fourth-order valence-corrected chi connectivity index (χ4v) is 3.06. The third-order valence-corrected chi connectivity index (χ3v) is 4.89. The molecule has 19 heavy (non-hydrogen) atoms. The highest BCUT2D eigenvalue weighted by molar-refractivity contribution is 9.10. The van der Waals surface area contributed by atoms with Crippen LogP contribution < -0.4 is 5.32 Å². The average molecular weight is 323 g/mol. The zero-order chi connectivity index (χ0) is 13.5. The lowest BCUT2D eigenvalue weighted by Crippen LogP contribution is -2.52. The van der Waals surface area contributed by atoms with E-state index in [0.29, 0.717) is 5.91 Å². The van der Waals surface area contributed by atoms with Crippen molar-refractivity contribution in [2.75, 3.05) is 26.7 Å². The molecule has 3 rings (SSSR count). The highest BCUT2D eigenvalue weighted by Crippen LogP contribution is 2.48. The lowest BCUT2D eigenvalue weighted by atomic mass is 9.94. The van der Waals surface area contributed by atoms with Crippen molar-refractivity contribution in [2.45, 2.75) is 18.3 Å². The van der Waals surface area contributed by atoms with Crippen molar-refractivity contribution in [1.29, 1.82) is 0 Å². The van der Waals surface area contributed by atoms with E-state index in [0.717, 1.165) is 24.1 Å². The Morgan fingerprint density at radius 2 is 2.00 bits per heavy atom. The maximum atomic E-state index is 12.2. The quantitative estimate of drug-likeness (QED) is 0.921. The molecule has 1 heterocycles. The van der Waals surface area contributed by atoms with Crippen molar-refractivity contribution in [1.82, 2.24) is 10.2 Å². The molecule has 0 unspecified atom stereocenters. The van der Waals surface area contributed by atoms with E-state index in [-0.39, 0.29) is 11.3 Å². The number of hydrogen-bond acceptors (Lipinski definition) is 2. The molecule has 0 radical (unpaired) electrons. The van der Waals surface area contributed by atoms with E-state index in [1.165, 1.54) is 18.4 Å². The lowest BCUT2D eigenvalue weighted by molar-refractivity contribution is -0.136. The molecule has 102 valence electrons. The molecule has 2 aliphatic rings. The molecule has 0 aromatic heterocycles. The van der Waals surface area contributed by atoms with Gasteiger partial charge in [0.2, 0.25) is 5.91 Å². The highest BCUT2D eigenvalue weighted by atomic mass is 79.9. The minimum absolute atomic E-state index is 0.200. The van der Waals surface area contributed by atoms with Gasteiger partial charge in [-0.25, -0.2) is 0 Å². The highest BCUT2D eigenvalue weighted by Gasteiger charge is 2.46. The summed E-state index contributed by atoms with van der Waals surface area (Å²) in [5.41, 5.74) is 1.57. The summed E-state index contributed by atoms with van der Waals surface area (Å²) in [7, 11) is 1.94. The van der Waals surface area contributed by atoms with Gasteiger partial charge in [-0.3, -0.25) is 4.79 Å². The number of likely N-dealkylation sites (N-methyl/N-ethyl adjacent to an activating group) is 1. The largest absolute Gasteiger partial charge is 0.345 e. The third kappa shape index (κ3) is 2.56. The van der Waals surface area contributed by atoms with Crippen LogP contribution in [0.3, 0.4) is 0 Å². The molecule has 2 fully saturated rings. The Balaban J connectivity index is 1.68. The summed E-state index contributed by atoms with van der Waals surface area (Å²) in [6, 6.07) is 8.54. The molecule has 1 aromatic carbocycles. The predicted molar refractivity (Wildman–Crippen MR) is 79.1 cm³/mol. The monoisotopic (exact) mass is 322 g/mol. The molecule has 1 saturated carbocycles. The van der Waals surface area contributed by atoms with E-state index in [1.807, 2.05) is 11.9 Å². The van der Waals surface area contributed by atoms with E-state index >= 15 is 0 Å². The molecule has 1 aliphatic heterocycles. The zero-order valence-corrected chi connectivity index (χ0v) is 12.7. The van der Waals surface area contributed by atoms with Crippen LogP contribution in [0.5, 0.6) is 0 Å². The number of carbonyl (C=O) groups is 1. The van der Waals surface area contributed by atoms with Crippen molar-refractivity contribution >= 4 is 21.8 Å². The van der Waals surface area contributed by atoms with E-state index < -0.39 is 0 Å². The number of nitrogens with one attached hydrogen (secondary N) is 1. The Bertz CT molecular complexity index is 477. The van der Waals surface area contributed by atoms with E-state index in [4.69, 9.17) is 0 Å². The van der Waals surface area contributed by atoms with Crippen molar-refractivity contribution in [3.63, 3.8) is 0 Å². The van der Waals surface area contributed by atoms with Gasteiger partial charge >= 0.3 is 0 Å². The van der Waals surface area contributed by atoms with Crippen LogP contribution in [0.15, 0.2) is 28.7 Å². The Kier molecular flexibility index (Phi) is 3.39. The topological polar surface area (TPSA) is 32.3 Å². The SMILES string of the molecule is CN(CC1(c2ccc(Br)cc2)CC1)C(=O)C1CNC1. The van der Waals surface area contributed by atoms with Gasteiger partial charge in [0.1, 0.15) is 0 Å². The van der Waals surface area contributed by atoms with Gasteiger partial charge in [-0.15, -0.1) is 0 Å². The number of rotatable bonds is 4. The summed E-state index contributed by atoms with van der Waals surface area (Å²) < 4.78 is 1.11. The van der Waals surface area contributed by atoms with Gasteiger partial charge < -0.3 is 10.2 Å². The Hall–Kier alpha value is -0.870. The van der Waals surface area contributed by atoms with Gasteiger partial charge in [0.15, 0.2) is 0 Å². The van der Waals surface area contributed by atoms with Crippen LogP contribution in [0.2, 0.25) is 0 Å². The van der Waals surface area contributed by atoms with E-state index in [9.17, 15) is 4.79 Å². The molecule has 0 spiro atoms. The summed E-state index contributed by atoms with van der Waals surface area (Å²) in [6.45, 7) is 2.53. The average Bonchev–Trinajstić information content (AvgIpc) is 3.08. The number of nitrogens with zero attached hydrogens (tertiary/aromatic N) is 1. The van der Waals surface area contributed by atoms with Gasteiger partial charge in [0, 0.05) is 36.6 Å². The molecule has 4 heteroatoms. The molecule has 0 bridgehead atoms. The zero-order valence-electron chi connectivity index (χ0n) is 11.2. The predicted octanol–water partition coefficient (Wildman–Crippen LogP) is 2.16. The molecule has 1 aliphatic carbocycles. The molecular weight excluding hydrogens is 304 g/mol. The minimum Gasteiger partial charge on any atom is -0.345 e. The second-order valence-corrected chi connectivity index (χ2v) is 6.75.